The molecule has 0 aliphatic heterocycles. The van der Waals surface area contributed by atoms with Crippen molar-refractivity contribution in [2.75, 3.05) is 6.26 Å². The molecule has 0 radical (unpaired) electrons. The summed E-state index contributed by atoms with van der Waals surface area (Å²) in [5.74, 6) is -0.509. The zero-order valence-electron chi connectivity index (χ0n) is 30.1. The third kappa shape index (κ3) is 6.94. The number of aromatic nitrogens is 4. The fraction of sp³-hybridized carbons (Fsp3) is 0.385. The number of benzene rings is 2. The molecule has 0 saturated heterocycles. The lowest BCUT2D eigenvalue weighted by Crippen LogP contribution is -2.43. The summed E-state index contributed by atoms with van der Waals surface area (Å²) < 4.78 is 58.3. The Bertz CT molecular complexity index is 2360. The Morgan fingerprint density at radius 2 is 1.28 bits per heavy atom. The van der Waals surface area contributed by atoms with Gasteiger partial charge in [0.2, 0.25) is 0 Å². The van der Waals surface area contributed by atoms with E-state index in [-0.39, 0.29) is 29.2 Å². The Morgan fingerprint density at radius 1 is 0.815 bits per heavy atom. The molecule has 54 heavy (non-hydrogen) atoms. The minimum absolute atomic E-state index is 0.000679. The van der Waals surface area contributed by atoms with Gasteiger partial charge in [-0.05, 0) is 143 Å². The number of nitrogens with zero attached hydrogens (tertiary/aromatic N) is 7. The maximum atomic E-state index is 13.2. The summed E-state index contributed by atoms with van der Waals surface area (Å²) in [5, 5.41) is 12.8. The Morgan fingerprint density at radius 3 is 1.72 bits per heavy atom. The maximum Gasteiger partial charge on any atom is 0.264 e. The highest BCUT2D eigenvalue weighted by atomic mass is 32.2. The van der Waals surface area contributed by atoms with E-state index >= 15 is 0 Å². The van der Waals surface area contributed by atoms with Gasteiger partial charge in [0, 0.05) is 11.0 Å². The Labute approximate surface area is 311 Å². The molecule has 0 N–H and O–H groups in total. The summed E-state index contributed by atoms with van der Waals surface area (Å²) in [6.45, 7) is 3.16. The first kappa shape index (κ1) is 37.1. The number of allylic oxidation sites excluding steroid dienone is 2. The molecule has 0 spiro atoms. The Balaban J connectivity index is 0.000000167. The molecule has 2 fully saturated rings. The lowest BCUT2D eigenvalue weighted by molar-refractivity contribution is -0.127. The lowest BCUT2D eigenvalue weighted by atomic mass is 9.61. The van der Waals surface area contributed by atoms with E-state index in [1.807, 2.05) is 12.2 Å². The number of carbonyl (C=O) groups excluding carboxylic acids is 2. The average molecular weight is 756 g/mol. The smallest absolute Gasteiger partial charge is 0.264 e. The van der Waals surface area contributed by atoms with Crippen molar-refractivity contribution in [1.29, 1.82) is 0 Å². The minimum Gasteiger partial charge on any atom is -0.299 e. The fourth-order valence-electron chi connectivity index (χ4n) is 8.58. The number of fused-ring (bicyclic) bond motifs is 4. The van der Waals surface area contributed by atoms with Gasteiger partial charge in [-0.1, -0.05) is 16.3 Å². The van der Waals surface area contributed by atoms with Crippen LogP contribution in [0.2, 0.25) is 0 Å². The van der Waals surface area contributed by atoms with E-state index < -0.39 is 27.1 Å². The third-order valence-electron chi connectivity index (χ3n) is 11.3. The standard InChI is InChI=1S/C20H21FN2O4S.C19H18FN5O/c1-13(24)20-10-14-12-22-23(17-6-4-16(21)5-7-17)19(14)9-15(20)3-8-18(11-20)27-28(2,25)26;1-12(26)19-9-13-11-22-25(17-6-3-15(20)4-7-17)18(13)8-14(19)2-5-16(10-19)23-24-21/h4-7,9,12,18H,3,8,10-11H2,1-2H3;3-4,6-8,11,16H,2,5,9-10H2,1H3/t18-,20-;16-,19+/m10/s1. The van der Waals surface area contributed by atoms with Crippen molar-refractivity contribution in [3.8, 4) is 11.4 Å². The van der Waals surface area contributed by atoms with E-state index in [1.54, 1.807) is 59.9 Å². The second-order valence-corrected chi connectivity index (χ2v) is 16.2. The van der Waals surface area contributed by atoms with Crippen LogP contribution in [0.5, 0.6) is 0 Å². The van der Waals surface area contributed by atoms with Crippen LogP contribution >= 0.6 is 0 Å². The molecule has 2 aromatic heterocycles. The van der Waals surface area contributed by atoms with Gasteiger partial charge in [-0.15, -0.1) is 0 Å². The molecule has 4 aliphatic rings. The number of hydrogen-bond acceptors (Lipinski definition) is 8. The number of rotatable bonds is 7. The van der Waals surface area contributed by atoms with Crippen LogP contribution < -0.4 is 0 Å². The van der Waals surface area contributed by atoms with Crippen LogP contribution in [0.1, 0.15) is 74.9 Å². The highest BCUT2D eigenvalue weighted by Crippen LogP contribution is 2.51. The van der Waals surface area contributed by atoms with Crippen LogP contribution in [0, 0.1) is 22.5 Å². The third-order valence-corrected chi connectivity index (χ3v) is 11.9. The first-order valence-electron chi connectivity index (χ1n) is 17.7. The van der Waals surface area contributed by atoms with Crippen LogP contribution in [0.25, 0.3) is 34.0 Å². The van der Waals surface area contributed by atoms with Crippen molar-refractivity contribution in [3.05, 3.63) is 117 Å². The zero-order chi connectivity index (χ0) is 38.4. The first-order chi connectivity index (χ1) is 25.7. The number of Topliss-reactive ketones (excluding diaryl/α,β-unsaturated/α-hetero) is 2. The summed E-state index contributed by atoms with van der Waals surface area (Å²) >= 11 is 0. The topological polar surface area (TPSA) is 162 Å². The summed E-state index contributed by atoms with van der Waals surface area (Å²) in [4.78, 5) is 28.2. The van der Waals surface area contributed by atoms with Gasteiger partial charge < -0.3 is 0 Å². The molecule has 280 valence electrons. The van der Waals surface area contributed by atoms with Gasteiger partial charge in [0.1, 0.15) is 23.2 Å². The molecule has 2 aromatic carbocycles. The van der Waals surface area contributed by atoms with Crippen LogP contribution in [-0.2, 0) is 36.7 Å². The van der Waals surface area contributed by atoms with E-state index in [4.69, 9.17) is 9.71 Å². The molecule has 2 saturated carbocycles. The van der Waals surface area contributed by atoms with Gasteiger partial charge in [0.15, 0.2) is 0 Å². The van der Waals surface area contributed by atoms with Gasteiger partial charge >= 0.3 is 0 Å². The first-order valence-corrected chi connectivity index (χ1v) is 19.6. The van der Waals surface area contributed by atoms with Crippen LogP contribution in [0.4, 0.5) is 8.78 Å². The van der Waals surface area contributed by atoms with Crippen LogP contribution in [-0.4, -0.2) is 57.9 Å². The van der Waals surface area contributed by atoms with Gasteiger partial charge in [0.25, 0.3) is 10.1 Å². The van der Waals surface area contributed by atoms with E-state index in [1.165, 1.54) is 24.3 Å². The number of ketones is 2. The number of carbonyl (C=O) groups is 2. The second-order valence-electron chi connectivity index (χ2n) is 14.6. The van der Waals surface area contributed by atoms with Crippen LogP contribution in [0.3, 0.4) is 0 Å². The van der Waals surface area contributed by atoms with Crippen molar-refractivity contribution in [2.24, 2.45) is 15.9 Å². The normalized spacial score (nSPS) is 24.2. The Hall–Kier alpha value is -5.24. The molecule has 4 aromatic rings. The van der Waals surface area contributed by atoms with Gasteiger partial charge in [-0.3, -0.25) is 13.8 Å². The fourth-order valence-corrected chi connectivity index (χ4v) is 9.23. The highest BCUT2D eigenvalue weighted by molar-refractivity contribution is 7.86. The summed E-state index contributed by atoms with van der Waals surface area (Å²) in [6.07, 6.45) is 12.5. The van der Waals surface area contributed by atoms with Crippen molar-refractivity contribution >= 4 is 33.8 Å². The molecular weight excluding hydrogens is 717 g/mol. The SMILES string of the molecule is CC(=O)[C@]12Cc3cnn(-c4ccc(F)cc4)c3C=C1CC[C@@H](OS(C)(=O)=O)C2.CC(=O)[C@]12Cc3cnn(-c4ccc(F)cc4)c3C=C1CC[C@H](N=[N+]=[N-])C2. The number of azide groups is 1. The minimum atomic E-state index is -3.59. The van der Waals surface area contributed by atoms with Gasteiger partial charge in [-0.25, -0.2) is 18.1 Å². The van der Waals surface area contributed by atoms with E-state index in [9.17, 15) is 26.8 Å². The summed E-state index contributed by atoms with van der Waals surface area (Å²) in [5.41, 5.74) is 14.7. The molecule has 2 heterocycles. The van der Waals surface area contributed by atoms with E-state index in [0.29, 0.717) is 38.5 Å². The van der Waals surface area contributed by atoms with Gasteiger partial charge in [-0.2, -0.15) is 18.6 Å². The lowest BCUT2D eigenvalue weighted by Gasteiger charge is -2.43. The summed E-state index contributed by atoms with van der Waals surface area (Å²) in [7, 11) is -3.59. The summed E-state index contributed by atoms with van der Waals surface area (Å²) in [6, 6.07) is 12.1. The predicted molar refractivity (Wildman–Crippen MR) is 197 cm³/mol. The molecule has 8 rings (SSSR count). The molecule has 12 nitrogen and oxygen atoms in total. The van der Waals surface area contributed by atoms with Crippen molar-refractivity contribution in [2.45, 2.75) is 77.4 Å². The largest absolute Gasteiger partial charge is 0.299 e. The molecule has 0 unspecified atom stereocenters. The van der Waals surface area contributed by atoms with E-state index in [0.717, 1.165) is 64.1 Å². The predicted octanol–water partition coefficient (Wildman–Crippen LogP) is 7.44. The van der Waals surface area contributed by atoms with Crippen molar-refractivity contribution in [3.63, 3.8) is 0 Å². The molecular formula is C39H39F2N7O5S. The number of hydrogen-bond donors (Lipinski definition) is 0. The molecule has 0 amide bonds. The molecule has 4 atom stereocenters. The van der Waals surface area contributed by atoms with E-state index in [2.05, 4.69) is 20.2 Å². The highest BCUT2D eigenvalue weighted by Gasteiger charge is 2.48. The monoisotopic (exact) mass is 755 g/mol. The molecule has 0 bridgehead atoms. The quantitative estimate of drug-likeness (QED) is 0.0819. The Kier molecular flexibility index (Phi) is 9.75. The van der Waals surface area contributed by atoms with Gasteiger partial charge in [0.05, 0.1) is 58.3 Å². The maximum absolute atomic E-state index is 13.2. The molecule has 4 aliphatic carbocycles. The van der Waals surface area contributed by atoms with Crippen LogP contribution in [0.15, 0.2) is 77.2 Å². The molecule has 15 heteroatoms. The average Bonchev–Trinajstić information content (AvgIpc) is 3.73. The van der Waals surface area contributed by atoms with Crippen molar-refractivity contribution < 1.29 is 31.0 Å². The number of halogens is 2. The zero-order valence-corrected chi connectivity index (χ0v) is 30.9. The van der Waals surface area contributed by atoms with Crippen molar-refractivity contribution in [1.82, 2.24) is 19.6 Å². The second kappa shape index (κ2) is 14.2.